The quantitative estimate of drug-likeness (QED) is 0.435. The second kappa shape index (κ2) is 9.42. The van der Waals surface area contributed by atoms with Crippen LogP contribution in [0.4, 0.5) is 0 Å². The molecule has 0 aromatic carbocycles. The van der Waals surface area contributed by atoms with Gasteiger partial charge >= 0.3 is 17.9 Å². The highest BCUT2D eigenvalue weighted by Crippen LogP contribution is 2.67. The molecule has 1 N–H and O–H groups in total. The molecule has 4 fully saturated rings. The summed E-state index contributed by atoms with van der Waals surface area (Å²) in [6.07, 6.45) is 13.7. The summed E-state index contributed by atoms with van der Waals surface area (Å²) in [5.74, 6) is 1.63. The van der Waals surface area contributed by atoms with E-state index < -0.39 is 5.97 Å². The number of methoxy groups -OCH3 is 1. The first-order chi connectivity index (χ1) is 15.7. The largest absolute Gasteiger partial charge is 0.481 e. The molecule has 184 valence electrons. The maximum atomic E-state index is 12.1. The number of esters is 2. The monoisotopic (exact) mass is 460 g/mol. The number of carbonyl (C=O) groups is 3. The van der Waals surface area contributed by atoms with Gasteiger partial charge in [0.15, 0.2) is 0 Å². The molecule has 0 unspecified atom stereocenters. The van der Waals surface area contributed by atoms with E-state index in [1.54, 1.807) is 6.08 Å². The Labute approximate surface area is 197 Å². The third kappa shape index (κ3) is 4.59. The molecule has 4 aliphatic carbocycles. The average molecular weight is 461 g/mol. The van der Waals surface area contributed by atoms with Crippen molar-refractivity contribution in [3.63, 3.8) is 0 Å². The maximum Gasteiger partial charge on any atom is 0.330 e. The summed E-state index contributed by atoms with van der Waals surface area (Å²) in [6.45, 7) is 4.94. The molecule has 0 bridgehead atoms. The summed E-state index contributed by atoms with van der Waals surface area (Å²) >= 11 is 0. The highest BCUT2D eigenvalue weighted by Gasteiger charge is 2.59. The lowest BCUT2D eigenvalue weighted by Crippen LogP contribution is -2.54. The lowest BCUT2D eigenvalue weighted by molar-refractivity contribution is -0.163. The van der Waals surface area contributed by atoms with Crippen molar-refractivity contribution in [3.8, 4) is 0 Å². The van der Waals surface area contributed by atoms with Gasteiger partial charge in [0, 0.05) is 6.08 Å². The summed E-state index contributed by atoms with van der Waals surface area (Å²) < 4.78 is 10.5. The van der Waals surface area contributed by atoms with Crippen molar-refractivity contribution < 1.29 is 29.0 Å². The molecule has 33 heavy (non-hydrogen) atoms. The molecule has 4 aliphatic rings. The van der Waals surface area contributed by atoms with E-state index in [-0.39, 0.29) is 36.3 Å². The summed E-state index contributed by atoms with van der Waals surface area (Å²) in [5, 5.41) is 8.80. The van der Waals surface area contributed by atoms with E-state index in [0.717, 1.165) is 37.5 Å². The first kappa shape index (κ1) is 24.3. The van der Waals surface area contributed by atoms with Crippen LogP contribution in [-0.2, 0) is 23.9 Å². The number of fused-ring (bicyclic) bond motifs is 5. The number of hydrogen-bond donors (Lipinski definition) is 1. The Balaban J connectivity index is 1.40. The van der Waals surface area contributed by atoms with Crippen molar-refractivity contribution in [2.45, 2.75) is 90.6 Å². The molecule has 6 heteroatoms. The summed E-state index contributed by atoms with van der Waals surface area (Å²) in [5.41, 5.74) is 0.569. The van der Waals surface area contributed by atoms with Crippen molar-refractivity contribution in [2.75, 3.05) is 7.11 Å². The van der Waals surface area contributed by atoms with Crippen LogP contribution in [0.5, 0.6) is 0 Å². The minimum atomic E-state index is -0.958. The van der Waals surface area contributed by atoms with Gasteiger partial charge in [-0.25, -0.2) is 4.79 Å². The first-order valence-electron chi connectivity index (χ1n) is 12.8. The Morgan fingerprint density at radius 2 is 1.67 bits per heavy atom. The van der Waals surface area contributed by atoms with Gasteiger partial charge < -0.3 is 14.6 Å². The number of carboxylic acid groups (broad SMARTS) is 1. The zero-order chi connectivity index (χ0) is 23.8. The van der Waals surface area contributed by atoms with Crippen LogP contribution in [0.2, 0.25) is 0 Å². The van der Waals surface area contributed by atoms with Crippen LogP contribution >= 0.6 is 0 Å². The van der Waals surface area contributed by atoms with Gasteiger partial charge in [0.2, 0.25) is 0 Å². The number of aliphatic carboxylic acids is 1. The molecule has 4 rings (SSSR count). The third-order valence-corrected chi connectivity index (χ3v) is 10.2. The molecule has 0 aliphatic heterocycles. The molecule has 0 radical (unpaired) electrons. The van der Waals surface area contributed by atoms with Gasteiger partial charge in [-0.2, -0.15) is 0 Å². The Hall–Kier alpha value is -1.85. The van der Waals surface area contributed by atoms with E-state index in [4.69, 9.17) is 14.6 Å². The minimum Gasteiger partial charge on any atom is -0.481 e. The third-order valence-electron chi connectivity index (χ3n) is 10.2. The second-order valence-electron chi connectivity index (χ2n) is 11.5. The number of carboxylic acids is 1. The van der Waals surface area contributed by atoms with E-state index in [1.165, 1.54) is 39.2 Å². The average Bonchev–Trinajstić information content (AvgIpc) is 3.12. The van der Waals surface area contributed by atoms with Gasteiger partial charge in [-0.3, -0.25) is 9.59 Å². The van der Waals surface area contributed by atoms with Crippen molar-refractivity contribution >= 4 is 17.9 Å². The van der Waals surface area contributed by atoms with Crippen molar-refractivity contribution in [3.05, 3.63) is 12.2 Å². The predicted molar refractivity (Wildman–Crippen MR) is 123 cm³/mol. The number of carbonyl (C=O) groups excluding carboxylic acids is 2. The van der Waals surface area contributed by atoms with Crippen molar-refractivity contribution in [1.82, 2.24) is 0 Å². The summed E-state index contributed by atoms with van der Waals surface area (Å²) in [4.78, 5) is 34.5. The number of allylic oxidation sites excluding steroid dienone is 1. The highest BCUT2D eigenvalue weighted by atomic mass is 16.5. The first-order valence-corrected chi connectivity index (χ1v) is 12.8. The van der Waals surface area contributed by atoms with Crippen LogP contribution in [0.3, 0.4) is 0 Å². The number of hydrogen-bond acceptors (Lipinski definition) is 5. The van der Waals surface area contributed by atoms with E-state index in [1.807, 2.05) is 0 Å². The molecule has 8 atom stereocenters. The van der Waals surface area contributed by atoms with Crippen LogP contribution in [0.25, 0.3) is 0 Å². The zero-order valence-corrected chi connectivity index (χ0v) is 20.4. The fourth-order valence-electron chi connectivity index (χ4n) is 8.40. The number of ether oxygens (including phenoxy) is 2. The molecular weight excluding hydrogens is 420 g/mol. The van der Waals surface area contributed by atoms with Gasteiger partial charge in [-0.1, -0.05) is 19.9 Å². The Morgan fingerprint density at radius 3 is 2.39 bits per heavy atom. The van der Waals surface area contributed by atoms with Gasteiger partial charge in [0.05, 0.1) is 20.0 Å². The van der Waals surface area contributed by atoms with Crippen LogP contribution in [0.1, 0.15) is 84.5 Å². The molecule has 4 saturated carbocycles. The van der Waals surface area contributed by atoms with Crippen LogP contribution in [0, 0.1) is 40.4 Å². The van der Waals surface area contributed by atoms with Crippen LogP contribution in [-0.4, -0.2) is 36.2 Å². The van der Waals surface area contributed by atoms with E-state index >= 15 is 0 Å². The maximum absolute atomic E-state index is 12.1. The topological polar surface area (TPSA) is 89.9 Å². The standard InChI is InChI=1S/C27H40O6/c1-26-15-13-22-20(21(26)8-5-17(26)6-10-24(30)32-3)7-4-18-16-19(12-14-27(18,22)2)33-25(31)11-9-23(28)29/h6,10,17-22H,4-5,7-9,11-16H2,1-3H3,(H,28,29)/b10-6+/t17-,18-,19-,20+,21+,22+,26-,27+/m1/s1. The Bertz CT molecular complexity index is 804. The van der Waals surface area contributed by atoms with Crippen molar-refractivity contribution in [2.24, 2.45) is 40.4 Å². The molecule has 6 nitrogen and oxygen atoms in total. The van der Waals surface area contributed by atoms with Crippen LogP contribution in [0.15, 0.2) is 12.2 Å². The lowest BCUT2D eigenvalue weighted by Gasteiger charge is -2.61. The molecule has 0 aromatic rings. The van der Waals surface area contributed by atoms with Crippen LogP contribution < -0.4 is 0 Å². The highest BCUT2D eigenvalue weighted by molar-refractivity contribution is 5.81. The normalized spacial score (nSPS) is 42.2. The minimum absolute atomic E-state index is 0.0374. The predicted octanol–water partition coefficient (Wildman–Crippen LogP) is 5.15. The molecular formula is C27H40O6. The van der Waals surface area contributed by atoms with Crippen molar-refractivity contribution in [1.29, 1.82) is 0 Å². The smallest absolute Gasteiger partial charge is 0.330 e. The zero-order valence-electron chi connectivity index (χ0n) is 20.4. The van der Waals surface area contributed by atoms with Gasteiger partial charge in [-0.05, 0) is 98.2 Å². The molecule has 0 spiro atoms. The number of rotatable bonds is 6. The van der Waals surface area contributed by atoms with E-state index in [2.05, 4.69) is 19.9 Å². The summed E-state index contributed by atoms with van der Waals surface area (Å²) in [7, 11) is 1.43. The van der Waals surface area contributed by atoms with Gasteiger partial charge in [0.1, 0.15) is 6.10 Å². The Kier molecular flexibility index (Phi) is 6.93. The Morgan fingerprint density at radius 1 is 0.939 bits per heavy atom. The molecule has 0 amide bonds. The SMILES string of the molecule is COC(=O)/C=C/[C@H]1CC[C@H]2[C@@H]3CC[C@@H]4C[C@H](OC(=O)CCC(=O)O)CC[C@]4(C)[C@H]3CC[C@]12C. The summed E-state index contributed by atoms with van der Waals surface area (Å²) in [6, 6.07) is 0. The van der Waals surface area contributed by atoms with E-state index in [0.29, 0.717) is 23.2 Å². The fourth-order valence-corrected chi connectivity index (χ4v) is 8.40. The second-order valence-corrected chi connectivity index (χ2v) is 11.5. The van der Waals surface area contributed by atoms with Gasteiger partial charge in [0.25, 0.3) is 0 Å². The molecule has 0 heterocycles. The molecule has 0 saturated heterocycles. The lowest BCUT2D eigenvalue weighted by atomic mass is 9.44. The van der Waals surface area contributed by atoms with E-state index in [9.17, 15) is 14.4 Å². The molecule has 0 aromatic heterocycles. The van der Waals surface area contributed by atoms with Gasteiger partial charge in [-0.15, -0.1) is 0 Å². The fraction of sp³-hybridized carbons (Fsp3) is 0.815.